The molecule has 76 valence electrons. The number of aromatic nitrogens is 1. The molecule has 0 amide bonds. The SMILES string of the molecule is COC(=O)c1cncc(C(N)CN)c1. The second-order valence-electron chi connectivity index (χ2n) is 2.84. The van der Waals surface area contributed by atoms with Crippen molar-refractivity contribution in [1.29, 1.82) is 0 Å². The molecule has 0 fully saturated rings. The van der Waals surface area contributed by atoms with Crippen molar-refractivity contribution in [2.75, 3.05) is 13.7 Å². The van der Waals surface area contributed by atoms with Crippen LogP contribution in [0.3, 0.4) is 0 Å². The van der Waals surface area contributed by atoms with E-state index in [4.69, 9.17) is 11.5 Å². The maximum absolute atomic E-state index is 11.1. The molecule has 0 aromatic carbocycles. The molecule has 1 rings (SSSR count). The molecule has 1 unspecified atom stereocenters. The van der Waals surface area contributed by atoms with Crippen molar-refractivity contribution in [2.45, 2.75) is 6.04 Å². The lowest BCUT2D eigenvalue weighted by atomic mass is 10.1. The zero-order valence-electron chi connectivity index (χ0n) is 7.93. The highest BCUT2D eigenvalue weighted by Gasteiger charge is 2.09. The van der Waals surface area contributed by atoms with E-state index in [-0.39, 0.29) is 6.04 Å². The van der Waals surface area contributed by atoms with Crippen LogP contribution in [0.5, 0.6) is 0 Å². The van der Waals surface area contributed by atoms with Crippen molar-refractivity contribution in [2.24, 2.45) is 11.5 Å². The van der Waals surface area contributed by atoms with Crippen LogP contribution in [0.1, 0.15) is 22.0 Å². The summed E-state index contributed by atoms with van der Waals surface area (Å²) >= 11 is 0. The third-order valence-electron chi connectivity index (χ3n) is 1.86. The molecule has 5 nitrogen and oxygen atoms in total. The summed E-state index contributed by atoms with van der Waals surface area (Å²) in [5, 5.41) is 0. The van der Waals surface area contributed by atoms with Crippen molar-refractivity contribution in [3.8, 4) is 0 Å². The van der Waals surface area contributed by atoms with Crippen LogP contribution in [-0.4, -0.2) is 24.6 Å². The van der Waals surface area contributed by atoms with Crippen LogP contribution in [0.15, 0.2) is 18.5 Å². The van der Waals surface area contributed by atoms with Gasteiger partial charge in [-0.25, -0.2) is 4.79 Å². The molecule has 1 aromatic rings. The minimum Gasteiger partial charge on any atom is -0.465 e. The molecule has 1 atom stereocenters. The third kappa shape index (κ3) is 2.27. The van der Waals surface area contributed by atoms with Gasteiger partial charge in [0.05, 0.1) is 12.7 Å². The number of pyridine rings is 1. The molecular weight excluding hydrogens is 182 g/mol. The maximum Gasteiger partial charge on any atom is 0.339 e. The Morgan fingerprint density at radius 3 is 2.93 bits per heavy atom. The lowest BCUT2D eigenvalue weighted by molar-refractivity contribution is 0.0600. The number of hydrogen-bond acceptors (Lipinski definition) is 5. The summed E-state index contributed by atoms with van der Waals surface area (Å²) in [6.07, 6.45) is 3.02. The minimum atomic E-state index is -0.427. The van der Waals surface area contributed by atoms with Gasteiger partial charge in [0.2, 0.25) is 0 Å². The van der Waals surface area contributed by atoms with E-state index in [0.29, 0.717) is 12.1 Å². The lowest BCUT2D eigenvalue weighted by Gasteiger charge is -2.08. The Balaban J connectivity index is 2.95. The predicted molar refractivity (Wildman–Crippen MR) is 51.6 cm³/mol. The van der Waals surface area contributed by atoms with Crippen LogP contribution in [0.25, 0.3) is 0 Å². The summed E-state index contributed by atoms with van der Waals surface area (Å²) < 4.78 is 4.55. The predicted octanol–water partition coefficient (Wildman–Crippen LogP) is -0.173. The first-order valence-electron chi connectivity index (χ1n) is 4.18. The fourth-order valence-electron chi connectivity index (χ4n) is 1.03. The summed E-state index contributed by atoms with van der Waals surface area (Å²) in [5.41, 5.74) is 12.2. The molecule has 1 heterocycles. The summed E-state index contributed by atoms with van der Waals surface area (Å²) in [6.45, 7) is 0.312. The Morgan fingerprint density at radius 2 is 2.36 bits per heavy atom. The number of carbonyl (C=O) groups excluding carboxylic acids is 1. The Kier molecular flexibility index (Phi) is 3.55. The van der Waals surface area contributed by atoms with Gasteiger partial charge in [-0.2, -0.15) is 0 Å². The Bertz CT molecular complexity index is 328. The van der Waals surface area contributed by atoms with Crippen molar-refractivity contribution in [3.05, 3.63) is 29.6 Å². The van der Waals surface area contributed by atoms with E-state index in [1.807, 2.05) is 0 Å². The van der Waals surface area contributed by atoms with Gasteiger partial charge in [-0.05, 0) is 11.6 Å². The van der Waals surface area contributed by atoms with E-state index < -0.39 is 5.97 Å². The van der Waals surface area contributed by atoms with Crippen molar-refractivity contribution < 1.29 is 9.53 Å². The molecule has 4 N–H and O–H groups in total. The van der Waals surface area contributed by atoms with Gasteiger partial charge in [-0.1, -0.05) is 0 Å². The summed E-state index contributed by atoms with van der Waals surface area (Å²) in [7, 11) is 1.32. The van der Waals surface area contributed by atoms with Crippen LogP contribution in [0, 0.1) is 0 Å². The third-order valence-corrected chi connectivity index (χ3v) is 1.86. The zero-order chi connectivity index (χ0) is 10.6. The standard InChI is InChI=1S/C9H13N3O2/c1-14-9(13)7-2-6(4-12-5-7)8(11)3-10/h2,4-5,8H,3,10-11H2,1H3. The molecule has 0 saturated carbocycles. The van der Waals surface area contributed by atoms with Crippen LogP contribution >= 0.6 is 0 Å². The molecule has 14 heavy (non-hydrogen) atoms. The second-order valence-corrected chi connectivity index (χ2v) is 2.84. The van der Waals surface area contributed by atoms with Crippen LogP contribution in [0.2, 0.25) is 0 Å². The lowest BCUT2D eigenvalue weighted by Crippen LogP contribution is -2.21. The molecule has 0 bridgehead atoms. The number of carbonyl (C=O) groups is 1. The fraction of sp³-hybridized carbons (Fsp3) is 0.333. The molecule has 0 aliphatic heterocycles. The topological polar surface area (TPSA) is 91.2 Å². The smallest absolute Gasteiger partial charge is 0.339 e. The van der Waals surface area contributed by atoms with Gasteiger partial charge in [0, 0.05) is 25.0 Å². The van der Waals surface area contributed by atoms with E-state index in [0.717, 1.165) is 5.56 Å². The minimum absolute atomic E-state index is 0.299. The average Bonchev–Trinajstić information content (AvgIpc) is 2.27. The van der Waals surface area contributed by atoms with Gasteiger partial charge in [0.1, 0.15) is 0 Å². The molecule has 5 heteroatoms. The Hall–Kier alpha value is -1.46. The maximum atomic E-state index is 11.1. The first-order chi connectivity index (χ1) is 6.69. The highest BCUT2D eigenvalue weighted by Crippen LogP contribution is 2.10. The van der Waals surface area contributed by atoms with E-state index in [1.54, 1.807) is 12.3 Å². The van der Waals surface area contributed by atoms with E-state index in [2.05, 4.69) is 9.72 Å². The number of rotatable bonds is 3. The van der Waals surface area contributed by atoms with Crippen molar-refractivity contribution in [3.63, 3.8) is 0 Å². The van der Waals surface area contributed by atoms with Gasteiger partial charge >= 0.3 is 5.97 Å². The summed E-state index contributed by atoms with van der Waals surface area (Å²) in [4.78, 5) is 15.0. The molecule has 0 aliphatic carbocycles. The van der Waals surface area contributed by atoms with Gasteiger partial charge < -0.3 is 16.2 Å². The van der Waals surface area contributed by atoms with Gasteiger partial charge in [-0.15, -0.1) is 0 Å². The monoisotopic (exact) mass is 195 g/mol. The van der Waals surface area contributed by atoms with Crippen LogP contribution < -0.4 is 11.5 Å². The van der Waals surface area contributed by atoms with Crippen molar-refractivity contribution in [1.82, 2.24) is 4.98 Å². The highest BCUT2D eigenvalue weighted by molar-refractivity contribution is 5.89. The number of ether oxygens (including phenoxy) is 1. The highest BCUT2D eigenvalue weighted by atomic mass is 16.5. The zero-order valence-corrected chi connectivity index (χ0v) is 7.93. The first kappa shape index (κ1) is 10.6. The molecule has 0 saturated heterocycles. The van der Waals surface area contributed by atoms with Crippen LogP contribution in [-0.2, 0) is 4.74 Å². The molecule has 0 spiro atoms. The van der Waals surface area contributed by atoms with E-state index >= 15 is 0 Å². The Morgan fingerprint density at radius 1 is 1.64 bits per heavy atom. The number of nitrogens with zero attached hydrogens (tertiary/aromatic N) is 1. The largest absolute Gasteiger partial charge is 0.465 e. The van der Waals surface area contributed by atoms with E-state index in [1.165, 1.54) is 13.3 Å². The average molecular weight is 195 g/mol. The number of nitrogens with two attached hydrogens (primary N) is 2. The van der Waals surface area contributed by atoms with E-state index in [9.17, 15) is 4.79 Å². The second kappa shape index (κ2) is 4.69. The van der Waals surface area contributed by atoms with Gasteiger partial charge in [-0.3, -0.25) is 4.98 Å². The quantitative estimate of drug-likeness (QED) is 0.653. The molecule has 1 aromatic heterocycles. The molecular formula is C9H13N3O2. The number of methoxy groups -OCH3 is 1. The summed E-state index contributed by atoms with van der Waals surface area (Å²) in [6, 6.07) is 1.34. The fourth-order valence-corrected chi connectivity index (χ4v) is 1.03. The van der Waals surface area contributed by atoms with Gasteiger partial charge in [0.15, 0.2) is 0 Å². The molecule has 0 radical (unpaired) electrons. The summed E-state index contributed by atoms with van der Waals surface area (Å²) in [5.74, 6) is -0.427. The van der Waals surface area contributed by atoms with Crippen molar-refractivity contribution >= 4 is 5.97 Å². The number of hydrogen-bond donors (Lipinski definition) is 2. The Labute approximate surface area is 82.1 Å². The van der Waals surface area contributed by atoms with Crippen LogP contribution in [0.4, 0.5) is 0 Å². The first-order valence-corrected chi connectivity index (χ1v) is 4.18. The normalized spacial score (nSPS) is 12.2. The number of esters is 1. The molecule has 0 aliphatic rings. The van der Waals surface area contributed by atoms with Gasteiger partial charge in [0.25, 0.3) is 0 Å².